The van der Waals surface area contributed by atoms with Gasteiger partial charge in [0.2, 0.25) is 5.75 Å². The van der Waals surface area contributed by atoms with Crippen LogP contribution in [0.25, 0.3) is 5.69 Å². The second-order valence-electron chi connectivity index (χ2n) is 10.6. The van der Waals surface area contributed by atoms with Crippen LogP contribution in [0.15, 0.2) is 59.5 Å². The SMILES string of the molecule is COC(=O)c1ccc(CNS(=O)(=O)N2CCN(c3cnn(-c4cccc(Cl)c4)c(=O)c3OCC3(C)CC3)CC2)cc1. The molecule has 1 saturated heterocycles. The molecule has 11 nitrogen and oxygen atoms in total. The van der Waals surface area contributed by atoms with Crippen molar-refractivity contribution in [1.82, 2.24) is 18.8 Å². The molecule has 0 atom stereocenters. The Hall–Kier alpha value is -3.45. The van der Waals surface area contributed by atoms with Gasteiger partial charge in [-0.2, -0.15) is 27.2 Å². The highest BCUT2D eigenvalue weighted by Crippen LogP contribution is 2.45. The molecule has 1 aromatic heterocycles. The van der Waals surface area contributed by atoms with Crippen molar-refractivity contribution in [2.75, 3.05) is 44.8 Å². The number of piperazine rings is 1. The van der Waals surface area contributed by atoms with Crippen molar-refractivity contribution in [1.29, 1.82) is 0 Å². The van der Waals surface area contributed by atoms with Crippen LogP contribution in [0.4, 0.5) is 5.69 Å². The Morgan fingerprint density at radius 2 is 1.80 bits per heavy atom. The van der Waals surface area contributed by atoms with Crippen LogP contribution in [0.5, 0.6) is 5.75 Å². The Morgan fingerprint density at radius 3 is 2.44 bits per heavy atom. The summed E-state index contributed by atoms with van der Waals surface area (Å²) in [5.74, 6) is -0.264. The van der Waals surface area contributed by atoms with Crippen molar-refractivity contribution < 1.29 is 22.7 Å². The van der Waals surface area contributed by atoms with Crippen LogP contribution in [-0.2, 0) is 21.5 Å². The third-order valence-corrected chi connectivity index (χ3v) is 9.18. The summed E-state index contributed by atoms with van der Waals surface area (Å²) in [6.07, 6.45) is 3.66. The first-order chi connectivity index (χ1) is 19.6. The molecular weight excluding hydrogens is 570 g/mol. The Balaban J connectivity index is 1.28. The van der Waals surface area contributed by atoms with Gasteiger partial charge in [0, 0.05) is 43.2 Å². The number of nitrogens with zero attached hydrogens (tertiary/aromatic N) is 4. The van der Waals surface area contributed by atoms with Crippen molar-refractivity contribution >= 4 is 33.5 Å². The van der Waals surface area contributed by atoms with Gasteiger partial charge in [-0.1, -0.05) is 36.7 Å². The number of carbonyl (C=O) groups is 1. The van der Waals surface area contributed by atoms with Crippen molar-refractivity contribution in [3.8, 4) is 11.4 Å². The van der Waals surface area contributed by atoms with Crippen LogP contribution in [0.2, 0.25) is 5.02 Å². The van der Waals surface area contributed by atoms with Crippen LogP contribution in [-0.4, -0.2) is 68.4 Å². The fourth-order valence-corrected chi connectivity index (χ4v) is 5.86. The van der Waals surface area contributed by atoms with Crippen LogP contribution in [0.3, 0.4) is 0 Å². The summed E-state index contributed by atoms with van der Waals surface area (Å²) in [6.45, 7) is 3.74. The number of methoxy groups -OCH3 is 1. The molecule has 5 rings (SSSR count). The summed E-state index contributed by atoms with van der Waals surface area (Å²) in [5, 5.41) is 4.87. The number of rotatable bonds is 10. The van der Waals surface area contributed by atoms with Crippen LogP contribution >= 0.6 is 11.6 Å². The highest BCUT2D eigenvalue weighted by atomic mass is 35.5. The third-order valence-electron chi connectivity index (χ3n) is 7.39. The fourth-order valence-electron chi connectivity index (χ4n) is 4.50. The number of aromatic nitrogens is 2. The van der Waals surface area contributed by atoms with E-state index < -0.39 is 21.7 Å². The molecule has 13 heteroatoms. The summed E-state index contributed by atoms with van der Waals surface area (Å²) in [4.78, 5) is 27.1. The topological polar surface area (TPSA) is 123 Å². The number of hydrogen-bond donors (Lipinski definition) is 1. The summed E-state index contributed by atoms with van der Waals surface area (Å²) in [5.41, 5.74) is 1.80. The van der Waals surface area contributed by atoms with E-state index in [1.54, 1.807) is 54.7 Å². The first-order valence-corrected chi connectivity index (χ1v) is 15.1. The van der Waals surface area contributed by atoms with E-state index in [0.29, 0.717) is 47.2 Å². The Kier molecular flexibility index (Phi) is 8.37. The molecule has 0 unspecified atom stereocenters. The van der Waals surface area contributed by atoms with Crippen molar-refractivity contribution in [3.63, 3.8) is 0 Å². The predicted octanol–water partition coefficient (Wildman–Crippen LogP) is 3.01. The maximum Gasteiger partial charge on any atom is 0.337 e. The zero-order valence-corrected chi connectivity index (χ0v) is 24.4. The van der Waals surface area contributed by atoms with E-state index in [0.717, 1.165) is 12.8 Å². The molecule has 1 N–H and O–H groups in total. The second kappa shape index (κ2) is 11.8. The quantitative estimate of drug-likeness (QED) is 0.352. The molecule has 2 fully saturated rings. The molecule has 218 valence electrons. The number of ether oxygens (including phenoxy) is 2. The summed E-state index contributed by atoms with van der Waals surface area (Å²) < 4.78 is 42.1. The molecule has 0 spiro atoms. The molecule has 2 aromatic carbocycles. The Labute approximate surface area is 243 Å². The minimum Gasteiger partial charge on any atom is -0.486 e. The highest BCUT2D eigenvalue weighted by molar-refractivity contribution is 7.87. The molecule has 1 aliphatic carbocycles. The second-order valence-corrected chi connectivity index (χ2v) is 12.7. The van der Waals surface area contributed by atoms with Gasteiger partial charge >= 0.3 is 11.5 Å². The molecular formula is C28H32ClN5O6S. The smallest absolute Gasteiger partial charge is 0.337 e. The number of esters is 1. The first-order valence-electron chi connectivity index (χ1n) is 13.3. The fraction of sp³-hybridized carbons (Fsp3) is 0.393. The standard InChI is InChI=1S/C28H32ClN5O6S/c1-28(10-11-28)19-40-25-24(18-30-34(26(25)35)23-5-3-4-22(29)16-23)32-12-14-33(15-13-32)41(37,38)31-17-20-6-8-21(9-7-20)27(36)39-2/h3-9,16,18,31H,10-15,17,19H2,1-2H3. The molecule has 3 aromatic rings. The monoisotopic (exact) mass is 601 g/mol. The van der Waals surface area contributed by atoms with Gasteiger partial charge in [-0.05, 0) is 48.7 Å². The van der Waals surface area contributed by atoms with Gasteiger partial charge in [-0.3, -0.25) is 4.79 Å². The van der Waals surface area contributed by atoms with Gasteiger partial charge in [-0.15, -0.1) is 0 Å². The number of nitrogens with one attached hydrogen (secondary N) is 1. The Bertz CT molecular complexity index is 1580. The molecule has 0 bridgehead atoms. The largest absolute Gasteiger partial charge is 0.486 e. The van der Waals surface area contributed by atoms with E-state index >= 15 is 0 Å². The van der Waals surface area contributed by atoms with Crippen molar-refractivity contribution in [3.05, 3.63) is 81.2 Å². The van der Waals surface area contributed by atoms with Gasteiger partial charge in [0.05, 0.1) is 31.2 Å². The maximum absolute atomic E-state index is 13.6. The number of carbonyl (C=O) groups excluding carboxylic acids is 1. The van der Waals surface area contributed by atoms with E-state index in [1.807, 2.05) is 4.90 Å². The van der Waals surface area contributed by atoms with E-state index in [4.69, 9.17) is 16.3 Å². The van der Waals surface area contributed by atoms with E-state index in [2.05, 4.69) is 21.5 Å². The predicted molar refractivity (Wildman–Crippen MR) is 155 cm³/mol. The lowest BCUT2D eigenvalue weighted by Gasteiger charge is -2.35. The highest BCUT2D eigenvalue weighted by Gasteiger charge is 2.39. The summed E-state index contributed by atoms with van der Waals surface area (Å²) >= 11 is 6.14. The van der Waals surface area contributed by atoms with Crippen LogP contribution in [0, 0.1) is 5.41 Å². The average molecular weight is 602 g/mol. The zero-order chi connectivity index (χ0) is 29.2. The molecule has 1 aliphatic heterocycles. The van der Waals surface area contributed by atoms with Gasteiger partial charge in [0.25, 0.3) is 10.2 Å². The molecule has 41 heavy (non-hydrogen) atoms. The van der Waals surface area contributed by atoms with Gasteiger partial charge in [0.1, 0.15) is 5.69 Å². The minimum absolute atomic E-state index is 0.0476. The van der Waals surface area contributed by atoms with Crippen LogP contribution < -0.4 is 19.9 Å². The lowest BCUT2D eigenvalue weighted by Crippen LogP contribution is -2.52. The van der Waals surface area contributed by atoms with E-state index in [1.165, 1.54) is 16.1 Å². The van der Waals surface area contributed by atoms with E-state index in [9.17, 15) is 18.0 Å². The van der Waals surface area contributed by atoms with Crippen molar-refractivity contribution in [2.24, 2.45) is 5.41 Å². The lowest BCUT2D eigenvalue weighted by molar-refractivity contribution is 0.0600. The molecule has 2 heterocycles. The first kappa shape index (κ1) is 29.1. The van der Waals surface area contributed by atoms with Gasteiger partial charge in [0.15, 0.2) is 0 Å². The third kappa shape index (κ3) is 6.72. The van der Waals surface area contributed by atoms with E-state index in [-0.39, 0.29) is 30.8 Å². The maximum atomic E-state index is 13.6. The zero-order valence-electron chi connectivity index (χ0n) is 22.9. The number of benzene rings is 2. The van der Waals surface area contributed by atoms with Gasteiger partial charge in [-0.25, -0.2) is 4.79 Å². The minimum atomic E-state index is -3.76. The van der Waals surface area contributed by atoms with Crippen LogP contribution in [0.1, 0.15) is 35.7 Å². The summed E-state index contributed by atoms with van der Waals surface area (Å²) in [6, 6.07) is 13.4. The molecule has 1 saturated carbocycles. The number of hydrogen-bond acceptors (Lipinski definition) is 8. The molecule has 0 amide bonds. The summed E-state index contributed by atoms with van der Waals surface area (Å²) in [7, 11) is -2.46. The molecule has 2 aliphatic rings. The van der Waals surface area contributed by atoms with Crippen molar-refractivity contribution in [2.45, 2.75) is 26.3 Å². The Morgan fingerprint density at radius 1 is 1.10 bits per heavy atom. The normalized spacial score (nSPS) is 16.8. The van der Waals surface area contributed by atoms with Gasteiger partial charge < -0.3 is 14.4 Å². The molecule has 0 radical (unpaired) electrons. The number of halogens is 1. The average Bonchev–Trinajstić information content (AvgIpc) is 3.72. The lowest BCUT2D eigenvalue weighted by atomic mass is 10.1. The number of anilines is 1.